The smallest absolute Gasteiger partial charge is 0.345 e. The number of cyclic esters (lactones) is 1. The van der Waals surface area contributed by atoms with E-state index >= 15 is 0 Å². The van der Waals surface area contributed by atoms with Crippen molar-refractivity contribution in [3.63, 3.8) is 0 Å². The molecule has 106 valence electrons. The molecular weight excluding hydrogens is 308 g/mol. The van der Waals surface area contributed by atoms with Crippen LogP contribution in [-0.4, -0.2) is 17.4 Å². The van der Waals surface area contributed by atoms with Gasteiger partial charge in [0.15, 0.2) is 0 Å². The monoisotopic (exact) mass is 328 g/mol. The number of esters is 1. The minimum Gasteiger partial charge on any atom is -0.451 e. The number of rotatable bonds is 4. The van der Waals surface area contributed by atoms with E-state index in [1.54, 1.807) is 6.92 Å². The highest BCUT2D eigenvalue weighted by molar-refractivity contribution is 9.12. The molecule has 1 heterocycles. The van der Waals surface area contributed by atoms with Crippen molar-refractivity contribution >= 4 is 27.7 Å². The molecular formula is C15H21BrO3. The number of carbonyl (C=O) groups is 2. The Morgan fingerprint density at radius 3 is 2.58 bits per heavy atom. The van der Waals surface area contributed by atoms with Crippen LogP contribution < -0.4 is 0 Å². The molecule has 0 N–H and O–H groups in total. The highest BCUT2D eigenvalue weighted by Crippen LogP contribution is 2.44. The number of carbonyl (C=O) groups excluding carboxylic acids is 2. The molecule has 0 amide bonds. The van der Waals surface area contributed by atoms with Crippen molar-refractivity contribution in [2.75, 3.05) is 0 Å². The van der Waals surface area contributed by atoms with Crippen LogP contribution in [-0.2, 0) is 14.3 Å². The number of hydrogen-bond donors (Lipinski definition) is 0. The van der Waals surface area contributed by atoms with Gasteiger partial charge in [-0.1, -0.05) is 32.1 Å². The first-order valence-corrected chi connectivity index (χ1v) is 7.83. The van der Waals surface area contributed by atoms with Gasteiger partial charge in [0, 0.05) is 12.3 Å². The largest absolute Gasteiger partial charge is 0.451 e. The van der Waals surface area contributed by atoms with E-state index in [9.17, 15) is 9.59 Å². The molecule has 2 aliphatic rings. The summed E-state index contributed by atoms with van der Waals surface area (Å²) in [6.07, 6.45) is 8.32. The van der Waals surface area contributed by atoms with Crippen LogP contribution in [0, 0.1) is 11.8 Å². The van der Waals surface area contributed by atoms with Gasteiger partial charge in [-0.05, 0) is 41.8 Å². The van der Waals surface area contributed by atoms with Gasteiger partial charge in [0.05, 0.1) is 0 Å². The fourth-order valence-corrected chi connectivity index (χ4v) is 3.99. The fourth-order valence-electron chi connectivity index (χ4n) is 3.45. The molecule has 19 heavy (non-hydrogen) atoms. The standard InChI is InChI=1S/C15H21BrO3/c1-10(17)8-12(11-6-4-3-5-7-11)15(2)9-13(16)14(18)19-15/h9,11-12H,3-8H2,1-2H3/t12-,15-/m1/s1. The van der Waals surface area contributed by atoms with Gasteiger partial charge >= 0.3 is 5.97 Å². The van der Waals surface area contributed by atoms with E-state index in [2.05, 4.69) is 15.9 Å². The van der Waals surface area contributed by atoms with Gasteiger partial charge in [-0.2, -0.15) is 0 Å². The Morgan fingerprint density at radius 2 is 2.11 bits per heavy atom. The molecule has 1 saturated carbocycles. The van der Waals surface area contributed by atoms with E-state index in [-0.39, 0.29) is 17.7 Å². The first-order chi connectivity index (χ1) is 8.92. The maximum Gasteiger partial charge on any atom is 0.345 e. The van der Waals surface area contributed by atoms with Crippen LogP contribution in [0.25, 0.3) is 0 Å². The predicted molar refractivity (Wildman–Crippen MR) is 76.9 cm³/mol. The fraction of sp³-hybridized carbons (Fsp3) is 0.733. The van der Waals surface area contributed by atoms with Gasteiger partial charge in [0.2, 0.25) is 0 Å². The van der Waals surface area contributed by atoms with Gasteiger partial charge in [0.1, 0.15) is 15.9 Å². The van der Waals surface area contributed by atoms with Gasteiger partial charge in [-0.3, -0.25) is 0 Å². The second-order valence-electron chi connectivity index (χ2n) is 5.98. The van der Waals surface area contributed by atoms with E-state index < -0.39 is 5.60 Å². The molecule has 0 saturated heterocycles. The average Bonchev–Trinajstić information content (AvgIpc) is 2.62. The number of hydrogen-bond acceptors (Lipinski definition) is 3. The minimum atomic E-state index is -0.635. The van der Waals surface area contributed by atoms with Gasteiger partial charge in [0.25, 0.3) is 0 Å². The first kappa shape index (κ1) is 14.8. The van der Waals surface area contributed by atoms with Crippen LogP contribution in [0.1, 0.15) is 52.4 Å². The second kappa shape index (κ2) is 5.78. The van der Waals surface area contributed by atoms with Crippen molar-refractivity contribution in [2.45, 2.75) is 58.0 Å². The van der Waals surface area contributed by atoms with Crippen molar-refractivity contribution in [3.8, 4) is 0 Å². The van der Waals surface area contributed by atoms with E-state index in [1.165, 1.54) is 19.3 Å². The zero-order valence-corrected chi connectivity index (χ0v) is 13.2. The normalized spacial score (nSPS) is 29.8. The number of Topliss-reactive ketones (excluding diaryl/α,β-unsaturated/α-hetero) is 1. The molecule has 2 atom stereocenters. The molecule has 0 spiro atoms. The summed E-state index contributed by atoms with van der Waals surface area (Å²) in [4.78, 5) is 23.2. The Balaban J connectivity index is 2.22. The van der Waals surface area contributed by atoms with E-state index in [0.29, 0.717) is 16.8 Å². The lowest BCUT2D eigenvalue weighted by Crippen LogP contribution is -2.40. The first-order valence-electron chi connectivity index (χ1n) is 7.03. The van der Waals surface area contributed by atoms with Crippen LogP contribution >= 0.6 is 15.9 Å². The number of halogens is 1. The third kappa shape index (κ3) is 3.28. The Kier molecular flexibility index (Phi) is 4.49. The average molecular weight is 329 g/mol. The summed E-state index contributed by atoms with van der Waals surface area (Å²) < 4.78 is 6.03. The van der Waals surface area contributed by atoms with Gasteiger partial charge < -0.3 is 9.53 Å². The molecule has 1 fully saturated rings. The van der Waals surface area contributed by atoms with Crippen molar-refractivity contribution in [2.24, 2.45) is 11.8 Å². The Morgan fingerprint density at radius 1 is 1.47 bits per heavy atom. The summed E-state index contributed by atoms with van der Waals surface area (Å²) in [6.45, 7) is 3.55. The van der Waals surface area contributed by atoms with Crippen LogP contribution in [0.3, 0.4) is 0 Å². The lowest BCUT2D eigenvalue weighted by molar-refractivity contribution is -0.152. The summed E-state index contributed by atoms with van der Waals surface area (Å²) in [5, 5.41) is 0. The summed E-state index contributed by atoms with van der Waals surface area (Å²) in [7, 11) is 0. The molecule has 1 aliphatic heterocycles. The third-order valence-electron chi connectivity index (χ3n) is 4.38. The van der Waals surface area contributed by atoms with E-state index in [1.807, 2.05) is 13.0 Å². The van der Waals surface area contributed by atoms with Crippen molar-refractivity contribution in [3.05, 3.63) is 10.6 Å². The zero-order valence-electron chi connectivity index (χ0n) is 11.6. The maximum atomic E-state index is 11.6. The van der Waals surface area contributed by atoms with Crippen LogP contribution in [0.4, 0.5) is 0 Å². The molecule has 0 aromatic carbocycles. The lowest BCUT2D eigenvalue weighted by Gasteiger charge is -2.38. The van der Waals surface area contributed by atoms with Crippen LogP contribution in [0.15, 0.2) is 10.6 Å². The zero-order chi connectivity index (χ0) is 14.0. The summed E-state index contributed by atoms with van der Waals surface area (Å²) in [5.74, 6) is 0.436. The Bertz CT molecular complexity index is 410. The highest BCUT2D eigenvalue weighted by atomic mass is 79.9. The molecule has 4 heteroatoms. The summed E-state index contributed by atoms with van der Waals surface area (Å²) in [6, 6.07) is 0. The molecule has 0 aromatic heterocycles. The molecule has 0 aromatic rings. The molecule has 0 unspecified atom stereocenters. The van der Waals surface area contributed by atoms with Crippen molar-refractivity contribution in [1.82, 2.24) is 0 Å². The maximum absolute atomic E-state index is 11.6. The predicted octanol–water partition coefficient (Wildman–Crippen LogP) is 3.76. The lowest BCUT2D eigenvalue weighted by atomic mass is 9.70. The second-order valence-corrected chi connectivity index (χ2v) is 6.83. The number of ether oxygens (including phenoxy) is 1. The third-order valence-corrected chi connectivity index (χ3v) is 4.94. The van der Waals surface area contributed by atoms with Crippen LogP contribution in [0.2, 0.25) is 0 Å². The van der Waals surface area contributed by atoms with Gasteiger partial charge in [-0.25, -0.2) is 4.79 Å². The van der Waals surface area contributed by atoms with Crippen LogP contribution in [0.5, 0.6) is 0 Å². The molecule has 0 radical (unpaired) electrons. The SMILES string of the molecule is CC(=O)C[C@H](C1CCCCC1)[C@@]1(C)C=C(Br)C(=O)O1. The van der Waals surface area contributed by atoms with Gasteiger partial charge in [-0.15, -0.1) is 0 Å². The highest BCUT2D eigenvalue weighted by Gasteiger charge is 2.45. The number of ketones is 1. The summed E-state index contributed by atoms with van der Waals surface area (Å²) >= 11 is 3.24. The summed E-state index contributed by atoms with van der Waals surface area (Å²) in [5.41, 5.74) is -0.635. The van der Waals surface area contributed by atoms with E-state index in [0.717, 1.165) is 12.8 Å². The Labute approximate surface area is 122 Å². The minimum absolute atomic E-state index is 0.101. The van der Waals surface area contributed by atoms with E-state index in [4.69, 9.17) is 4.74 Å². The van der Waals surface area contributed by atoms with Crippen molar-refractivity contribution < 1.29 is 14.3 Å². The molecule has 2 rings (SSSR count). The molecule has 0 bridgehead atoms. The quantitative estimate of drug-likeness (QED) is 0.738. The van der Waals surface area contributed by atoms with Crippen molar-refractivity contribution in [1.29, 1.82) is 0 Å². The topological polar surface area (TPSA) is 43.4 Å². The Hall–Kier alpha value is -0.640. The molecule has 1 aliphatic carbocycles. The molecule has 3 nitrogen and oxygen atoms in total.